The van der Waals surface area contributed by atoms with Gasteiger partial charge in [0.1, 0.15) is 0 Å². The Balaban J connectivity index is 2.19. The van der Waals surface area contributed by atoms with Crippen molar-refractivity contribution in [1.82, 2.24) is 5.16 Å². The van der Waals surface area contributed by atoms with Gasteiger partial charge in [0, 0.05) is 15.1 Å². The number of aromatic nitrogens is 1. The predicted octanol–water partition coefficient (Wildman–Crippen LogP) is 5.32. The van der Waals surface area contributed by atoms with Crippen molar-refractivity contribution in [1.29, 1.82) is 0 Å². The van der Waals surface area contributed by atoms with Gasteiger partial charge in [0.25, 0.3) is 0 Å². The van der Waals surface area contributed by atoms with Crippen LogP contribution in [0, 0.1) is 6.92 Å². The summed E-state index contributed by atoms with van der Waals surface area (Å²) in [7, 11) is 0. The van der Waals surface area contributed by atoms with Crippen LogP contribution in [0.2, 0.25) is 5.02 Å². The Kier molecular flexibility index (Phi) is 3.74. The van der Waals surface area contributed by atoms with Gasteiger partial charge < -0.3 is 10.3 Å². The molecule has 0 aliphatic heterocycles. The van der Waals surface area contributed by atoms with Crippen molar-refractivity contribution in [2.75, 3.05) is 5.73 Å². The molecule has 2 N–H and O–H groups in total. The second-order valence-electron chi connectivity index (χ2n) is 4.80. The average molecular weight is 364 g/mol. The smallest absolute Gasteiger partial charge is 0.176 e. The van der Waals surface area contributed by atoms with Crippen LogP contribution in [-0.2, 0) is 0 Å². The summed E-state index contributed by atoms with van der Waals surface area (Å²) in [6.45, 7) is 2.02. The highest BCUT2D eigenvalue weighted by Gasteiger charge is 2.18. The number of aryl methyl sites for hydroxylation is 1. The zero-order valence-corrected chi connectivity index (χ0v) is 13.6. The normalized spacial score (nSPS) is 10.8. The van der Waals surface area contributed by atoms with E-state index < -0.39 is 0 Å². The minimum atomic E-state index is 0.366. The molecule has 1 heterocycles. The topological polar surface area (TPSA) is 52.0 Å². The van der Waals surface area contributed by atoms with Gasteiger partial charge in [0.2, 0.25) is 0 Å². The van der Waals surface area contributed by atoms with Crippen molar-refractivity contribution in [3.8, 4) is 22.5 Å². The van der Waals surface area contributed by atoms with Gasteiger partial charge in [-0.3, -0.25) is 0 Å². The van der Waals surface area contributed by atoms with Gasteiger partial charge in [-0.2, -0.15) is 0 Å². The molecule has 0 spiro atoms. The first-order chi connectivity index (χ1) is 10.0. The van der Waals surface area contributed by atoms with Crippen LogP contribution in [-0.4, -0.2) is 5.16 Å². The van der Waals surface area contributed by atoms with E-state index in [1.54, 1.807) is 0 Å². The molecule has 3 aromatic rings. The lowest BCUT2D eigenvalue weighted by Crippen LogP contribution is -1.89. The van der Waals surface area contributed by atoms with Crippen LogP contribution < -0.4 is 5.73 Å². The quantitative estimate of drug-likeness (QED) is 0.671. The Morgan fingerprint density at radius 1 is 1.10 bits per heavy atom. The first kappa shape index (κ1) is 14.2. The molecule has 0 bridgehead atoms. The molecular formula is C16H12BrClN2O. The third kappa shape index (κ3) is 2.82. The maximum Gasteiger partial charge on any atom is 0.176 e. The second kappa shape index (κ2) is 5.54. The first-order valence-corrected chi connectivity index (χ1v) is 7.50. The van der Waals surface area contributed by atoms with Crippen molar-refractivity contribution in [3.05, 3.63) is 57.5 Å². The molecule has 0 unspecified atom stereocenters. The molecule has 0 saturated carbocycles. The summed E-state index contributed by atoms with van der Waals surface area (Å²) in [6, 6.07) is 13.5. The minimum absolute atomic E-state index is 0.366. The van der Waals surface area contributed by atoms with Crippen molar-refractivity contribution >= 4 is 33.3 Å². The maximum atomic E-state index is 5.98. The second-order valence-corrected chi connectivity index (χ2v) is 6.15. The molecule has 21 heavy (non-hydrogen) atoms. The van der Waals surface area contributed by atoms with E-state index in [0.29, 0.717) is 16.6 Å². The fraction of sp³-hybridized carbons (Fsp3) is 0.0625. The maximum absolute atomic E-state index is 5.98. The molecule has 0 amide bonds. The van der Waals surface area contributed by atoms with Crippen LogP contribution in [0.1, 0.15) is 5.56 Å². The third-order valence-electron chi connectivity index (χ3n) is 3.16. The fourth-order valence-electron chi connectivity index (χ4n) is 2.26. The lowest BCUT2D eigenvalue weighted by Gasteiger charge is -2.05. The molecule has 5 heteroatoms. The van der Waals surface area contributed by atoms with Gasteiger partial charge >= 0.3 is 0 Å². The van der Waals surface area contributed by atoms with E-state index in [2.05, 4.69) is 21.1 Å². The molecule has 0 saturated heterocycles. The third-order valence-corrected chi connectivity index (χ3v) is 3.87. The molecule has 0 radical (unpaired) electrons. The number of halogens is 2. The molecular weight excluding hydrogens is 352 g/mol. The van der Waals surface area contributed by atoms with Gasteiger partial charge in [-0.25, -0.2) is 0 Å². The summed E-state index contributed by atoms with van der Waals surface area (Å²) in [5.74, 6) is 1.02. The van der Waals surface area contributed by atoms with Crippen LogP contribution >= 0.6 is 27.5 Å². The van der Waals surface area contributed by atoms with Crippen molar-refractivity contribution < 1.29 is 4.52 Å². The highest BCUT2D eigenvalue weighted by atomic mass is 79.9. The molecule has 1 aromatic heterocycles. The molecule has 3 rings (SSSR count). The first-order valence-electron chi connectivity index (χ1n) is 6.33. The SMILES string of the molecule is Cc1cc(Br)cc(-c2onc(N)c2-c2ccc(Cl)cc2)c1. The van der Waals surface area contributed by atoms with E-state index >= 15 is 0 Å². The Morgan fingerprint density at radius 3 is 2.48 bits per heavy atom. The summed E-state index contributed by atoms with van der Waals surface area (Å²) in [6.07, 6.45) is 0. The standard InChI is InChI=1S/C16H12BrClN2O/c1-9-6-11(8-12(17)7-9)15-14(16(19)20-21-15)10-2-4-13(18)5-3-10/h2-8H,1H3,(H2,19,20). The summed E-state index contributed by atoms with van der Waals surface area (Å²) in [5, 5.41) is 4.58. The number of anilines is 1. The molecule has 2 aromatic carbocycles. The van der Waals surface area contributed by atoms with Gasteiger partial charge in [-0.15, -0.1) is 0 Å². The van der Waals surface area contributed by atoms with Crippen molar-refractivity contribution in [2.24, 2.45) is 0 Å². The number of hydrogen-bond donors (Lipinski definition) is 1. The van der Waals surface area contributed by atoms with Crippen LogP contribution in [0.25, 0.3) is 22.5 Å². The minimum Gasteiger partial charge on any atom is -0.380 e. The lowest BCUT2D eigenvalue weighted by atomic mass is 10.0. The summed E-state index contributed by atoms with van der Waals surface area (Å²) >= 11 is 9.43. The molecule has 0 atom stereocenters. The zero-order chi connectivity index (χ0) is 15.0. The van der Waals surface area contributed by atoms with Crippen molar-refractivity contribution in [2.45, 2.75) is 6.92 Å². The van der Waals surface area contributed by atoms with Gasteiger partial charge in [-0.05, 0) is 48.4 Å². The number of nitrogens with two attached hydrogens (primary N) is 1. The lowest BCUT2D eigenvalue weighted by molar-refractivity contribution is 0.436. The van der Waals surface area contributed by atoms with Crippen LogP contribution in [0.15, 0.2) is 51.5 Å². The number of nitrogens with zero attached hydrogens (tertiary/aromatic N) is 1. The summed E-state index contributed by atoms with van der Waals surface area (Å²) in [4.78, 5) is 0. The van der Waals surface area contributed by atoms with E-state index in [4.69, 9.17) is 21.9 Å². The van der Waals surface area contributed by atoms with Crippen LogP contribution in [0.3, 0.4) is 0 Å². The summed E-state index contributed by atoms with van der Waals surface area (Å²) < 4.78 is 6.43. The highest BCUT2D eigenvalue weighted by Crippen LogP contribution is 2.38. The molecule has 106 valence electrons. The van der Waals surface area contributed by atoms with E-state index in [1.165, 1.54) is 0 Å². The number of nitrogen functional groups attached to an aromatic ring is 1. The fourth-order valence-corrected chi connectivity index (χ4v) is 3.00. The van der Waals surface area contributed by atoms with Crippen LogP contribution in [0.5, 0.6) is 0 Å². The zero-order valence-electron chi connectivity index (χ0n) is 11.2. The number of hydrogen-bond acceptors (Lipinski definition) is 3. The van der Waals surface area contributed by atoms with Crippen LogP contribution in [0.4, 0.5) is 5.82 Å². The molecule has 0 aliphatic carbocycles. The predicted molar refractivity (Wildman–Crippen MR) is 89.2 cm³/mol. The monoisotopic (exact) mass is 362 g/mol. The van der Waals surface area contributed by atoms with Gasteiger partial charge in [-0.1, -0.05) is 44.8 Å². The number of benzene rings is 2. The van der Waals surface area contributed by atoms with Gasteiger partial charge in [0.05, 0.1) is 5.56 Å². The Bertz CT molecular complexity index is 776. The largest absolute Gasteiger partial charge is 0.380 e. The Hall–Kier alpha value is -1.78. The molecule has 3 nitrogen and oxygen atoms in total. The average Bonchev–Trinajstić information content (AvgIpc) is 2.80. The molecule has 0 aliphatic rings. The number of rotatable bonds is 2. The van der Waals surface area contributed by atoms with E-state index in [1.807, 2.05) is 49.4 Å². The summed E-state index contributed by atoms with van der Waals surface area (Å²) in [5.41, 5.74) is 9.73. The van der Waals surface area contributed by atoms with Gasteiger partial charge in [0.15, 0.2) is 11.6 Å². The highest BCUT2D eigenvalue weighted by molar-refractivity contribution is 9.10. The van der Waals surface area contributed by atoms with E-state index in [0.717, 1.165) is 26.7 Å². The van der Waals surface area contributed by atoms with E-state index in [-0.39, 0.29) is 0 Å². The van der Waals surface area contributed by atoms with Crippen molar-refractivity contribution in [3.63, 3.8) is 0 Å². The van der Waals surface area contributed by atoms with E-state index in [9.17, 15) is 0 Å². The Labute approximate surface area is 135 Å². The Morgan fingerprint density at radius 2 is 1.81 bits per heavy atom. The molecule has 0 fully saturated rings.